The number of aryl methyl sites for hydroxylation is 2. The molecule has 0 unspecified atom stereocenters. The zero-order valence-electron chi connectivity index (χ0n) is 11.4. The van der Waals surface area contributed by atoms with E-state index in [4.69, 9.17) is 5.11 Å². The molecule has 4 nitrogen and oxygen atoms in total. The summed E-state index contributed by atoms with van der Waals surface area (Å²) in [7, 11) is -5.72. The van der Waals surface area contributed by atoms with Gasteiger partial charge in [-0.1, -0.05) is 0 Å². The second-order valence-corrected chi connectivity index (χ2v) is 6.11. The van der Waals surface area contributed by atoms with E-state index >= 15 is 0 Å². The number of hydrogen-bond acceptors (Lipinski definition) is 4. The van der Waals surface area contributed by atoms with E-state index in [9.17, 15) is 21.6 Å². The van der Waals surface area contributed by atoms with Crippen molar-refractivity contribution in [3.8, 4) is 5.75 Å². The molecule has 1 N–H and O–H groups in total. The number of rotatable bonds is 3. The average molecular weight is 333 g/mol. The standard InChI is InChI=1S/C12H13F3O4S.Na/c13-12(14,15)20(17,18)19-11-6-9-4-2-1-3-8(9)5-10(11)7-16;/h5-6,16H,1-4,7H2;. The first-order chi connectivity index (χ1) is 9.24. The molecule has 0 spiro atoms. The third kappa shape index (κ3) is 4.13. The van der Waals surface area contributed by atoms with Crippen LogP contribution >= 0.6 is 0 Å². The van der Waals surface area contributed by atoms with Gasteiger partial charge in [0.1, 0.15) is 5.75 Å². The first-order valence-electron chi connectivity index (χ1n) is 6.01. The number of fused-ring (bicyclic) bond motifs is 1. The normalized spacial score (nSPS) is 15.0. The van der Waals surface area contributed by atoms with Gasteiger partial charge in [-0.25, -0.2) is 0 Å². The number of alkyl halides is 3. The summed E-state index contributed by atoms with van der Waals surface area (Å²) in [5.41, 5.74) is -3.77. The molecule has 21 heavy (non-hydrogen) atoms. The summed E-state index contributed by atoms with van der Waals surface area (Å²) in [6, 6.07) is 2.79. The van der Waals surface area contributed by atoms with Crippen molar-refractivity contribution in [2.45, 2.75) is 37.8 Å². The van der Waals surface area contributed by atoms with E-state index in [2.05, 4.69) is 4.18 Å². The van der Waals surface area contributed by atoms with E-state index < -0.39 is 28.0 Å². The van der Waals surface area contributed by atoms with Gasteiger partial charge in [0.05, 0.1) is 6.61 Å². The Morgan fingerprint density at radius 3 is 2.14 bits per heavy atom. The number of benzene rings is 1. The maximum atomic E-state index is 12.3. The molecule has 1 aromatic carbocycles. The molecule has 0 heterocycles. The van der Waals surface area contributed by atoms with Gasteiger partial charge in [-0.05, 0) is 48.9 Å². The Morgan fingerprint density at radius 2 is 1.67 bits per heavy atom. The Morgan fingerprint density at radius 1 is 1.14 bits per heavy atom. The maximum absolute atomic E-state index is 12.3. The van der Waals surface area contributed by atoms with Crippen LogP contribution in [-0.4, -0.2) is 48.6 Å². The van der Waals surface area contributed by atoms with Gasteiger partial charge in [-0.15, -0.1) is 0 Å². The molecule has 0 fully saturated rings. The van der Waals surface area contributed by atoms with Crippen LogP contribution in [0.25, 0.3) is 0 Å². The van der Waals surface area contributed by atoms with Crippen LogP contribution in [-0.2, 0) is 29.6 Å². The second kappa shape index (κ2) is 6.87. The molecule has 1 aromatic rings. The van der Waals surface area contributed by atoms with Gasteiger partial charge in [-0.3, -0.25) is 0 Å². The fourth-order valence-corrected chi connectivity index (χ4v) is 2.67. The SMILES string of the molecule is O=S(=O)(Oc1cc2c(cc1CO)CCCC2)C(F)(F)F.[Na]. The molecule has 0 atom stereocenters. The van der Waals surface area contributed by atoms with Crippen molar-refractivity contribution >= 4 is 39.7 Å². The Kier molecular flexibility index (Phi) is 6.14. The van der Waals surface area contributed by atoms with Crippen molar-refractivity contribution < 1.29 is 30.9 Å². The van der Waals surface area contributed by atoms with Crippen molar-refractivity contribution in [2.75, 3.05) is 0 Å². The van der Waals surface area contributed by atoms with Crippen LogP contribution in [0.5, 0.6) is 5.75 Å². The van der Waals surface area contributed by atoms with E-state index in [0.717, 1.165) is 30.4 Å². The minimum atomic E-state index is -5.72. The van der Waals surface area contributed by atoms with E-state index in [1.807, 2.05) is 0 Å². The number of aliphatic hydroxyl groups is 1. The van der Waals surface area contributed by atoms with E-state index in [0.29, 0.717) is 6.42 Å². The zero-order chi connectivity index (χ0) is 15.0. The molecule has 113 valence electrons. The van der Waals surface area contributed by atoms with Crippen LogP contribution in [0.2, 0.25) is 0 Å². The minimum absolute atomic E-state index is 0. The number of aliphatic hydroxyl groups excluding tert-OH is 1. The predicted octanol–water partition coefficient (Wildman–Crippen LogP) is 1.91. The summed E-state index contributed by atoms with van der Waals surface area (Å²) < 4.78 is 63.2. The first-order valence-corrected chi connectivity index (χ1v) is 7.42. The van der Waals surface area contributed by atoms with Crippen molar-refractivity contribution in [1.82, 2.24) is 0 Å². The summed E-state index contributed by atoms with van der Waals surface area (Å²) in [5, 5.41) is 9.16. The smallest absolute Gasteiger partial charge is 0.392 e. The maximum Gasteiger partial charge on any atom is 0.534 e. The molecule has 9 heteroatoms. The fourth-order valence-electron chi connectivity index (χ4n) is 2.18. The van der Waals surface area contributed by atoms with Crippen molar-refractivity contribution in [3.63, 3.8) is 0 Å². The Labute approximate surface area is 142 Å². The molecule has 0 amide bonds. The molecular weight excluding hydrogens is 320 g/mol. The van der Waals surface area contributed by atoms with Gasteiger partial charge in [0.15, 0.2) is 0 Å². The average Bonchev–Trinajstić information content (AvgIpc) is 2.36. The molecule has 0 aliphatic heterocycles. The Bertz CT molecular complexity index is 614. The molecule has 0 saturated heterocycles. The molecule has 0 aromatic heterocycles. The van der Waals surface area contributed by atoms with Crippen molar-refractivity contribution in [1.29, 1.82) is 0 Å². The van der Waals surface area contributed by atoms with E-state index in [1.165, 1.54) is 12.1 Å². The molecular formula is C12H13F3NaO4S. The van der Waals surface area contributed by atoms with Crippen LogP contribution in [0.1, 0.15) is 29.5 Å². The van der Waals surface area contributed by atoms with Crippen LogP contribution in [0.15, 0.2) is 12.1 Å². The van der Waals surface area contributed by atoms with Gasteiger partial charge in [0, 0.05) is 35.1 Å². The second-order valence-electron chi connectivity index (χ2n) is 4.58. The topological polar surface area (TPSA) is 63.6 Å². The minimum Gasteiger partial charge on any atom is -0.392 e. The van der Waals surface area contributed by atoms with Crippen LogP contribution in [0.3, 0.4) is 0 Å². The van der Waals surface area contributed by atoms with E-state index in [-0.39, 0.29) is 35.1 Å². The summed E-state index contributed by atoms with van der Waals surface area (Å²) in [5.74, 6) is -0.453. The van der Waals surface area contributed by atoms with Gasteiger partial charge in [-0.2, -0.15) is 21.6 Å². The van der Waals surface area contributed by atoms with Crippen molar-refractivity contribution in [2.24, 2.45) is 0 Å². The van der Waals surface area contributed by atoms with Gasteiger partial charge in [0.2, 0.25) is 0 Å². The van der Waals surface area contributed by atoms with Gasteiger partial charge in [0.25, 0.3) is 0 Å². The third-order valence-corrected chi connectivity index (χ3v) is 4.14. The first kappa shape index (κ1) is 18.8. The molecule has 0 saturated carbocycles. The quantitative estimate of drug-likeness (QED) is 0.521. The van der Waals surface area contributed by atoms with Gasteiger partial charge >= 0.3 is 15.6 Å². The van der Waals surface area contributed by atoms with Crippen molar-refractivity contribution in [3.05, 3.63) is 28.8 Å². The molecule has 0 bridgehead atoms. The van der Waals surface area contributed by atoms with E-state index in [1.54, 1.807) is 0 Å². The zero-order valence-corrected chi connectivity index (χ0v) is 14.2. The molecule has 1 radical (unpaired) electrons. The van der Waals surface area contributed by atoms with Crippen LogP contribution in [0, 0.1) is 0 Å². The molecule has 2 rings (SSSR count). The van der Waals surface area contributed by atoms with Crippen LogP contribution < -0.4 is 4.18 Å². The Balaban J connectivity index is 0.00000220. The largest absolute Gasteiger partial charge is 0.534 e. The molecule has 1 aliphatic rings. The summed E-state index contributed by atoms with van der Waals surface area (Å²) >= 11 is 0. The molecule has 1 aliphatic carbocycles. The summed E-state index contributed by atoms with van der Waals surface area (Å²) in [6.45, 7) is -0.587. The van der Waals surface area contributed by atoms with Crippen LogP contribution in [0.4, 0.5) is 13.2 Å². The monoisotopic (exact) mass is 333 g/mol. The third-order valence-electron chi connectivity index (χ3n) is 3.18. The summed E-state index contributed by atoms with van der Waals surface area (Å²) in [4.78, 5) is 0. The van der Waals surface area contributed by atoms with Gasteiger partial charge < -0.3 is 9.29 Å². The summed E-state index contributed by atoms with van der Waals surface area (Å²) in [6.07, 6.45) is 3.26. The Hall–Kier alpha value is -0.280. The number of hydrogen-bond donors (Lipinski definition) is 1. The predicted molar refractivity (Wildman–Crippen MR) is 70.4 cm³/mol. The number of halogens is 3. The fraction of sp³-hybridized carbons (Fsp3) is 0.500.